The third kappa shape index (κ3) is 3.69. The number of rotatable bonds is 3. The number of carbonyl (C=O) groups is 1. The van der Waals surface area contributed by atoms with Gasteiger partial charge in [-0.15, -0.1) is 0 Å². The van der Waals surface area contributed by atoms with Crippen molar-refractivity contribution in [1.29, 1.82) is 0 Å². The molecule has 0 unspecified atom stereocenters. The molecule has 0 atom stereocenters. The maximum atomic E-state index is 13.9. The highest BCUT2D eigenvalue weighted by Crippen LogP contribution is 2.21. The molecule has 0 saturated carbocycles. The van der Waals surface area contributed by atoms with Crippen LogP contribution < -0.4 is 5.32 Å². The van der Waals surface area contributed by atoms with Gasteiger partial charge in [0, 0.05) is 10.7 Å². The first kappa shape index (κ1) is 16.6. The van der Waals surface area contributed by atoms with Crippen LogP contribution in [0.3, 0.4) is 0 Å². The van der Waals surface area contributed by atoms with Crippen molar-refractivity contribution < 1.29 is 22.0 Å². The number of nitrogens with one attached hydrogen (secondary N) is 1. The zero-order valence-corrected chi connectivity index (χ0v) is 13.6. The van der Waals surface area contributed by atoms with Gasteiger partial charge in [0.2, 0.25) is 0 Å². The molecule has 0 aliphatic rings. The Bertz CT molecular complexity index is 853. The van der Waals surface area contributed by atoms with E-state index in [4.69, 9.17) is 0 Å². The Labute approximate surface area is 134 Å². The van der Waals surface area contributed by atoms with Gasteiger partial charge >= 0.3 is 0 Å². The molecule has 0 radical (unpaired) electrons. The van der Waals surface area contributed by atoms with E-state index in [9.17, 15) is 22.0 Å². The lowest BCUT2D eigenvalue weighted by molar-refractivity contribution is 0.102. The number of amides is 1. The number of sulfone groups is 1. The second-order valence-electron chi connectivity index (χ2n) is 4.49. The fourth-order valence-corrected chi connectivity index (χ4v) is 2.66. The first-order valence-electron chi connectivity index (χ1n) is 5.94. The first-order valence-corrected chi connectivity index (χ1v) is 8.63. The van der Waals surface area contributed by atoms with Crippen molar-refractivity contribution in [3.63, 3.8) is 0 Å². The van der Waals surface area contributed by atoms with E-state index in [2.05, 4.69) is 21.2 Å². The highest BCUT2D eigenvalue weighted by Gasteiger charge is 2.17. The molecule has 0 aromatic heterocycles. The summed E-state index contributed by atoms with van der Waals surface area (Å²) in [6, 6.07) is 6.89. The average molecular weight is 390 g/mol. The number of carbonyl (C=O) groups excluding carboxylic acids is 1. The Kier molecular flexibility index (Phi) is 4.62. The summed E-state index contributed by atoms with van der Waals surface area (Å²) < 4.78 is 50.6. The molecule has 116 valence electrons. The van der Waals surface area contributed by atoms with Crippen molar-refractivity contribution >= 4 is 37.4 Å². The second-order valence-corrected chi connectivity index (χ2v) is 7.42. The van der Waals surface area contributed by atoms with Gasteiger partial charge < -0.3 is 5.32 Å². The highest BCUT2D eigenvalue weighted by molar-refractivity contribution is 9.10. The molecular weight excluding hydrogens is 380 g/mol. The van der Waals surface area contributed by atoms with Gasteiger partial charge in [0.1, 0.15) is 11.6 Å². The van der Waals surface area contributed by atoms with Crippen molar-refractivity contribution in [2.45, 2.75) is 4.90 Å². The van der Waals surface area contributed by atoms with Crippen molar-refractivity contribution in [1.82, 2.24) is 0 Å². The first-order chi connectivity index (χ1) is 10.2. The van der Waals surface area contributed by atoms with Crippen LogP contribution in [0.5, 0.6) is 0 Å². The van der Waals surface area contributed by atoms with Crippen molar-refractivity contribution in [2.24, 2.45) is 0 Å². The average Bonchev–Trinajstić information content (AvgIpc) is 2.40. The fourth-order valence-electron chi connectivity index (χ4n) is 1.69. The van der Waals surface area contributed by atoms with Crippen LogP contribution in [0.15, 0.2) is 45.8 Å². The standard InChI is InChI=1S/C14H10BrF2NO3S/c1-22(20,21)9-3-4-10(11(16)7-9)14(19)18-13-5-2-8(15)6-12(13)17/h2-7H,1H3,(H,18,19). The topological polar surface area (TPSA) is 63.2 Å². The zero-order valence-electron chi connectivity index (χ0n) is 11.2. The summed E-state index contributed by atoms with van der Waals surface area (Å²) in [6.07, 6.45) is 0.929. The maximum Gasteiger partial charge on any atom is 0.258 e. The van der Waals surface area contributed by atoms with Gasteiger partial charge in [0.25, 0.3) is 5.91 Å². The van der Waals surface area contributed by atoms with E-state index in [1.807, 2.05) is 0 Å². The predicted octanol–water partition coefficient (Wildman–Crippen LogP) is 3.38. The molecule has 1 N–H and O–H groups in total. The van der Waals surface area contributed by atoms with E-state index in [-0.39, 0.29) is 16.1 Å². The van der Waals surface area contributed by atoms with Crippen LogP contribution in [-0.4, -0.2) is 20.6 Å². The van der Waals surface area contributed by atoms with E-state index in [1.54, 1.807) is 0 Å². The number of hydrogen-bond acceptors (Lipinski definition) is 3. The largest absolute Gasteiger partial charge is 0.319 e. The van der Waals surface area contributed by atoms with Crippen LogP contribution in [0.4, 0.5) is 14.5 Å². The van der Waals surface area contributed by atoms with Crippen LogP contribution in [-0.2, 0) is 9.84 Å². The van der Waals surface area contributed by atoms with Gasteiger partial charge in [0.05, 0.1) is 16.1 Å². The maximum absolute atomic E-state index is 13.9. The van der Waals surface area contributed by atoms with E-state index >= 15 is 0 Å². The van der Waals surface area contributed by atoms with Crippen molar-refractivity contribution in [2.75, 3.05) is 11.6 Å². The zero-order chi connectivity index (χ0) is 16.5. The molecule has 0 bridgehead atoms. The molecule has 0 saturated heterocycles. The van der Waals surface area contributed by atoms with E-state index in [0.717, 1.165) is 30.5 Å². The Balaban J connectivity index is 2.30. The third-order valence-corrected chi connectivity index (χ3v) is 4.40. The molecule has 0 aliphatic heterocycles. The van der Waals surface area contributed by atoms with Gasteiger partial charge in [-0.2, -0.15) is 0 Å². The second kappa shape index (κ2) is 6.13. The molecule has 22 heavy (non-hydrogen) atoms. The lowest BCUT2D eigenvalue weighted by atomic mass is 10.2. The number of anilines is 1. The lowest BCUT2D eigenvalue weighted by Gasteiger charge is -2.08. The predicted molar refractivity (Wildman–Crippen MR) is 81.6 cm³/mol. The van der Waals surface area contributed by atoms with Gasteiger partial charge in [-0.05, 0) is 36.4 Å². The summed E-state index contributed by atoms with van der Waals surface area (Å²) in [5.41, 5.74) is -0.491. The third-order valence-electron chi connectivity index (χ3n) is 2.79. The molecule has 2 aromatic rings. The monoisotopic (exact) mass is 389 g/mol. The molecule has 2 rings (SSSR count). The van der Waals surface area contributed by atoms with Crippen LogP contribution in [0.25, 0.3) is 0 Å². The van der Waals surface area contributed by atoms with E-state index in [0.29, 0.717) is 4.47 Å². The van der Waals surface area contributed by atoms with Crippen LogP contribution in [0.1, 0.15) is 10.4 Å². The molecule has 0 aliphatic carbocycles. The van der Waals surface area contributed by atoms with Crippen LogP contribution in [0, 0.1) is 11.6 Å². The summed E-state index contributed by atoms with van der Waals surface area (Å²) in [4.78, 5) is 11.7. The molecule has 1 amide bonds. The van der Waals surface area contributed by atoms with Gasteiger partial charge in [0.15, 0.2) is 9.84 Å². The molecule has 0 heterocycles. The summed E-state index contributed by atoms with van der Waals surface area (Å²) in [6.45, 7) is 0. The Morgan fingerprint density at radius 1 is 1.09 bits per heavy atom. The molecular formula is C14H10BrF2NO3S. The van der Waals surface area contributed by atoms with E-state index < -0.39 is 27.4 Å². The molecule has 4 nitrogen and oxygen atoms in total. The normalized spacial score (nSPS) is 11.3. The fraction of sp³-hybridized carbons (Fsp3) is 0.0714. The SMILES string of the molecule is CS(=O)(=O)c1ccc(C(=O)Nc2ccc(Br)cc2F)c(F)c1. The molecule has 0 fully saturated rings. The minimum atomic E-state index is -3.58. The minimum absolute atomic E-state index is 0.111. The number of hydrogen-bond donors (Lipinski definition) is 1. The molecule has 8 heteroatoms. The smallest absolute Gasteiger partial charge is 0.258 e. The Morgan fingerprint density at radius 2 is 1.77 bits per heavy atom. The van der Waals surface area contributed by atoms with Gasteiger partial charge in [-0.3, -0.25) is 4.79 Å². The molecule has 0 spiro atoms. The Morgan fingerprint density at radius 3 is 2.32 bits per heavy atom. The summed E-state index contributed by atoms with van der Waals surface area (Å²) in [7, 11) is -3.58. The quantitative estimate of drug-likeness (QED) is 0.874. The minimum Gasteiger partial charge on any atom is -0.319 e. The lowest BCUT2D eigenvalue weighted by Crippen LogP contribution is -2.15. The van der Waals surface area contributed by atoms with Crippen LogP contribution >= 0.6 is 15.9 Å². The van der Waals surface area contributed by atoms with Gasteiger partial charge in [-0.1, -0.05) is 15.9 Å². The summed E-state index contributed by atoms with van der Waals surface area (Å²) >= 11 is 3.08. The molecule has 2 aromatic carbocycles. The van der Waals surface area contributed by atoms with Crippen molar-refractivity contribution in [3.8, 4) is 0 Å². The highest BCUT2D eigenvalue weighted by atomic mass is 79.9. The van der Waals surface area contributed by atoms with Crippen LogP contribution in [0.2, 0.25) is 0 Å². The van der Waals surface area contributed by atoms with Crippen molar-refractivity contribution in [3.05, 3.63) is 58.1 Å². The van der Waals surface area contributed by atoms with E-state index in [1.165, 1.54) is 12.1 Å². The Hall–Kier alpha value is -1.80. The number of halogens is 3. The summed E-state index contributed by atoms with van der Waals surface area (Å²) in [5, 5.41) is 2.23. The van der Waals surface area contributed by atoms with Gasteiger partial charge in [-0.25, -0.2) is 17.2 Å². The summed E-state index contributed by atoms with van der Waals surface area (Å²) in [5.74, 6) is -2.56. The number of benzene rings is 2.